The number of hydrogen-bond acceptors (Lipinski definition) is 4. The molecule has 0 atom stereocenters. The van der Waals surface area contributed by atoms with Gasteiger partial charge in [-0.3, -0.25) is 4.79 Å². The van der Waals surface area contributed by atoms with Crippen molar-refractivity contribution in [1.29, 1.82) is 0 Å². The van der Waals surface area contributed by atoms with Crippen molar-refractivity contribution in [2.24, 2.45) is 5.92 Å². The van der Waals surface area contributed by atoms with E-state index in [4.69, 9.17) is 4.74 Å². The summed E-state index contributed by atoms with van der Waals surface area (Å²) in [5, 5.41) is 2.99. The second-order valence-corrected chi connectivity index (χ2v) is 7.27. The number of nitrogens with zero attached hydrogens (tertiary/aromatic N) is 2. The number of nitrogens with one attached hydrogen (secondary N) is 1. The lowest BCUT2D eigenvalue weighted by atomic mass is 9.97. The third-order valence-electron chi connectivity index (χ3n) is 3.64. The van der Waals surface area contributed by atoms with E-state index in [9.17, 15) is 9.59 Å². The zero-order chi connectivity index (χ0) is 16.8. The van der Waals surface area contributed by atoms with Gasteiger partial charge in [-0.25, -0.2) is 4.79 Å². The minimum Gasteiger partial charge on any atom is -0.444 e. The van der Waals surface area contributed by atoms with Gasteiger partial charge in [0.25, 0.3) is 0 Å². The molecule has 0 bridgehead atoms. The minimum atomic E-state index is -0.450. The summed E-state index contributed by atoms with van der Waals surface area (Å²) in [6.07, 6.45) is 2.12. The van der Waals surface area contributed by atoms with E-state index in [1.165, 1.54) is 0 Å². The van der Waals surface area contributed by atoms with Crippen molar-refractivity contribution in [1.82, 2.24) is 15.1 Å². The zero-order valence-corrected chi connectivity index (χ0v) is 14.6. The monoisotopic (exact) mass is 313 g/mol. The van der Waals surface area contributed by atoms with Gasteiger partial charge >= 0.3 is 6.09 Å². The summed E-state index contributed by atoms with van der Waals surface area (Å²) in [7, 11) is 3.92. The van der Waals surface area contributed by atoms with Gasteiger partial charge < -0.3 is 19.9 Å². The Morgan fingerprint density at radius 2 is 1.82 bits per heavy atom. The molecular formula is C16H31N3O3. The molecule has 0 aromatic rings. The minimum absolute atomic E-state index is 0.100. The van der Waals surface area contributed by atoms with Gasteiger partial charge in [-0.1, -0.05) is 0 Å². The molecule has 1 heterocycles. The van der Waals surface area contributed by atoms with Crippen LogP contribution in [0.2, 0.25) is 0 Å². The van der Waals surface area contributed by atoms with Crippen LogP contribution >= 0.6 is 0 Å². The fraction of sp³-hybridized carbons (Fsp3) is 0.875. The molecule has 22 heavy (non-hydrogen) atoms. The normalized spacial score (nSPS) is 16.7. The summed E-state index contributed by atoms with van der Waals surface area (Å²) in [5.74, 6) is 0.547. The molecule has 0 unspecified atom stereocenters. The predicted octanol–water partition coefficient (Wildman–Crippen LogP) is 1.70. The van der Waals surface area contributed by atoms with E-state index in [0.29, 0.717) is 32.0 Å². The molecule has 0 spiro atoms. The second-order valence-electron chi connectivity index (χ2n) is 7.27. The maximum Gasteiger partial charge on any atom is 0.410 e. The Morgan fingerprint density at radius 1 is 1.23 bits per heavy atom. The summed E-state index contributed by atoms with van der Waals surface area (Å²) in [6.45, 7) is 8.50. The van der Waals surface area contributed by atoms with Crippen molar-refractivity contribution in [2.45, 2.75) is 45.6 Å². The molecule has 6 nitrogen and oxygen atoms in total. The highest BCUT2D eigenvalue weighted by molar-refractivity contribution is 5.76. The number of ether oxygens (including phenoxy) is 1. The van der Waals surface area contributed by atoms with Gasteiger partial charge in [0.1, 0.15) is 5.60 Å². The maximum absolute atomic E-state index is 12.0. The van der Waals surface area contributed by atoms with E-state index in [2.05, 4.69) is 5.32 Å². The molecule has 0 aromatic carbocycles. The Balaban J connectivity index is 2.22. The Morgan fingerprint density at radius 3 is 2.32 bits per heavy atom. The Bertz CT molecular complexity index is 369. The van der Waals surface area contributed by atoms with Crippen molar-refractivity contribution in [3.05, 3.63) is 0 Å². The lowest BCUT2D eigenvalue weighted by Crippen LogP contribution is -2.43. The first kappa shape index (κ1) is 18.7. The van der Waals surface area contributed by atoms with Crippen LogP contribution in [0, 0.1) is 5.92 Å². The molecule has 6 heteroatoms. The third kappa shape index (κ3) is 7.64. The van der Waals surface area contributed by atoms with E-state index in [1.807, 2.05) is 39.8 Å². The van der Waals surface area contributed by atoms with Crippen molar-refractivity contribution < 1.29 is 14.3 Å². The van der Waals surface area contributed by atoms with E-state index in [-0.39, 0.29) is 12.0 Å². The van der Waals surface area contributed by atoms with Crippen molar-refractivity contribution in [3.8, 4) is 0 Å². The predicted molar refractivity (Wildman–Crippen MR) is 86.7 cm³/mol. The van der Waals surface area contributed by atoms with Crippen LogP contribution in [-0.4, -0.2) is 67.7 Å². The van der Waals surface area contributed by atoms with Crippen molar-refractivity contribution >= 4 is 12.0 Å². The first-order valence-corrected chi connectivity index (χ1v) is 8.07. The van der Waals surface area contributed by atoms with E-state index in [1.54, 1.807) is 4.90 Å². The molecule has 2 amide bonds. The van der Waals surface area contributed by atoms with Gasteiger partial charge in [-0.2, -0.15) is 0 Å². The number of carbonyl (C=O) groups is 2. The Hall–Kier alpha value is -1.30. The molecular weight excluding hydrogens is 282 g/mol. The van der Waals surface area contributed by atoms with Crippen molar-refractivity contribution in [2.75, 3.05) is 40.3 Å². The lowest BCUT2D eigenvalue weighted by Gasteiger charge is -2.33. The zero-order valence-electron chi connectivity index (χ0n) is 14.6. The molecule has 1 saturated heterocycles. The first-order valence-electron chi connectivity index (χ1n) is 8.07. The number of hydrogen-bond donors (Lipinski definition) is 1. The second kappa shape index (κ2) is 8.36. The molecule has 1 rings (SSSR count). The van der Waals surface area contributed by atoms with Crippen LogP contribution in [0.15, 0.2) is 0 Å². The molecule has 1 fully saturated rings. The van der Waals surface area contributed by atoms with Gasteiger partial charge in [0.15, 0.2) is 0 Å². The van der Waals surface area contributed by atoms with Gasteiger partial charge in [0, 0.05) is 32.6 Å². The molecule has 1 aliphatic heterocycles. The van der Waals surface area contributed by atoms with E-state index in [0.717, 1.165) is 19.4 Å². The average Bonchev–Trinajstić information content (AvgIpc) is 2.41. The van der Waals surface area contributed by atoms with Crippen LogP contribution in [0.25, 0.3) is 0 Å². The van der Waals surface area contributed by atoms with E-state index < -0.39 is 5.60 Å². The SMILES string of the molecule is CN(C)CCC(=O)NCC1CCN(C(=O)OC(C)(C)C)CC1. The third-order valence-corrected chi connectivity index (χ3v) is 3.64. The molecule has 0 saturated carbocycles. The van der Waals surface area contributed by atoms with Crippen LogP contribution in [0.5, 0.6) is 0 Å². The average molecular weight is 313 g/mol. The lowest BCUT2D eigenvalue weighted by molar-refractivity contribution is -0.121. The van der Waals surface area contributed by atoms with Crippen LogP contribution < -0.4 is 5.32 Å². The van der Waals surface area contributed by atoms with Gasteiger partial charge in [0.05, 0.1) is 0 Å². The number of likely N-dealkylation sites (tertiary alicyclic amines) is 1. The van der Waals surface area contributed by atoms with Gasteiger partial charge in [-0.15, -0.1) is 0 Å². The molecule has 128 valence electrons. The van der Waals surface area contributed by atoms with Gasteiger partial charge in [-0.05, 0) is 53.6 Å². The molecule has 0 radical (unpaired) electrons. The fourth-order valence-electron chi connectivity index (χ4n) is 2.32. The molecule has 1 N–H and O–H groups in total. The molecule has 1 aliphatic rings. The highest BCUT2D eigenvalue weighted by Gasteiger charge is 2.26. The van der Waals surface area contributed by atoms with Crippen LogP contribution in [0.4, 0.5) is 4.79 Å². The largest absolute Gasteiger partial charge is 0.444 e. The van der Waals surface area contributed by atoms with E-state index >= 15 is 0 Å². The van der Waals surface area contributed by atoms with Gasteiger partial charge in [0.2, 0.25) is 5.91 Å². The summed E-state index contributed by atoms with van der Waals surface area (Å²) in [4.78, 5) is 27.4. The summed E-state index contributed by atoms with van der Waals surface area (Å²) in [6, 6.07) is 0. The Labute approximate surface area is 134 Å². The van der Waals surface area contributed by atoms with Crippen LogP contribution in [-0.2, 0) is 9.53 Å². The summed E-state index contributed by atoms with van der Waals surface area (Å²) in [5.41, 5.74) is -0.450. The maximum atomic E-state index is 12.0. The smallest absolute Gasteiger partial charge is 0.410 e. The summed E-state index contributed by atoms with van der Waals surface area (Å²) >= 11 is 0. The van der Waals surface area contributed by atoms with Crippen molar-refractivity contribution in [3.63, 3.8) is 0 Å². The number of amides is 2. The summed E-state index contributed by atoms with van der Waals surface area (Å²) < 4.78 is 5.38. The van der Waals surface area contributed by atoms with Crippen LogP contribution in [0.3, 0.4) is 0 Å². The number of piperidine rings is 1. The highest BCUT2D eigenvalue weighted by atomic mass is 16.6. The fourth-order valence-corrected chi connectivity index (χ4v) is 2.32. The molecule has 0 aromatic heterocycles. The van der Waals surface area contributed by atoms with Crippen LogP contribution in [0.1, 0.15) is 40.0 Å². The first-order chi connectivity index (χ1) is 10.2. The number of carbonyl (C=O) groups excluding carboxylic acids is 2. The quantitative estimate of drug-likeness (QED) is 0.839. The Kier molecular flexibility index (Phi) is 7.13. The highest BCUT2D eigenvalue weighted by Crippen LogP contribution is 2.19. The standard InChI is InChI=1S/C16H31N3O3/c1-16(2,3)22-15(21)19-10-6-13(7-11-19)12-17-14(20)8-9-18(4)5/h13H,6-12H2,1-5H3,(H,17,20). The topological polar surface area (TPSA) is 61.9 Å². The number of rotatable bonds is 5. The molecule has 0 aliphatic carbocycles.